The fourth-order valence-electron chi connectivity index (χ4n) is 1.69. The Kier molecular flexibility index (Phi) is 2.06. The van der Waals surface area contributed by atoms with Crippen LogP contribution in [0.4, 0.5) is 0 Å². The molecule has 0 aromatic carbocycles. The molecular formula is C9H11NO3. The lowest BCUT2D eigenvalue weighted by Gasteiger charge is -2.03. The zero-order chi connectivity index (χ0) is 9.26. The molecule has 0 spiro atoms. The first-order valence-corrected chi connectivity index (χ1v) is 4.25. The van der Waals surface area contributed by atoms with Crippen LogP contribution in [0.15, 0.2) is 23.0 Å². The summed E-state index contributed by atoms with van der Waals surface area (Å²) in [6, 6.07) is 1.48. The van der Waals surface area contributed by atoms with Gasteiger partial charge < -0.3 is 14.8 Å². The lowest BCUT2D eigenvalue weighted by molar-refractivity contribution is -0.139. The quantitative estimate of drug-likeness (QED) is 0.708. The predicted molar refractivity (Wildman–Crippen MR) is 45.5 cm³/mol. The number of carboxylic acid groups (broad SMARTS) is 1. The minimum absolute atomic E-state index is 0.278. The Morgan fingerprint density at radius 2 is 2.54 bits per heavy atom. The third kappa shape index (κ3) is 1.58. The van der Waals surface area contributed by atoms with Crippen molar-refractivity contribution in [1.82, 2.24) is 5.32 Å². The number of hydrogen-bond donors (Lipinski definition) is 2. The van der Waals surface area contributed by atoms with E-state index in [4.69, 9.17) is 9.52 Å². The first-order chi connectivity index (χ1) is 6.27. The van der Waals surface area contributed by atoms with Gasteiger partial charge in [0, 0.05) is 12.5 Å². The molecule has 13 heavy (non-hydrogen) atoms. The van der Waals surface area contributed by atoms with E-state index in [1.54, 1.807) is 12.5 Å². The number of rotatable bonds is 2. The molecule has 0 unspecified atom stereocenters. The van der Waals surface area contributed by atoms with Crippen LogP contribution in [0.5, 0.6) is 0 Å². The van der Waals surface area contributed by atoms with Gasteiger partial charge in [0.05, 0.1) is 12.5 Å². The summed E-state index contributed by atoms with van der Waals surface area (Å²) >= 11 is 0. The minimum atomic E-state index is -0.772. The average Bonchev–Trinajstić information content (AvgIpc) is 2.75. The molecule has 0 saturated carbocycles. The van der Waals surface area contributed by atoms with Gasteiger partial charge in [0.2, 0.25) is 0 Å². The van der Waals surface area contributed by atoms with Gasteiger partial charge in [-0.25, -0.2) is 0 Å². The van der Waals surface area contributed by atoms with Crippen LogP contribution in [0.1, 0.15) is 17.9 Å². The Morgan fingerprint density at radius 1 is 1.69 bits per heavy atom. The van der Waals surface area contributed by atoms with Crippen molar-refractivity contribution in [3.05, 3.63) is 24.2 Å². The molecule has 4 heteroatoms. The lowest BCUT2D eigenvalue weighted by atomic mass is 9.99. The zero-order valence-corrected chi connectivity index (χ0v) is 7.06. The SMILES string of the molecule is O=C(O)[C@@H]1C[C@H](c2ccoc2)CN1. The van der Waals surface area contributed by atoms with E-state index in [-0.39, 0.29) is 5.92 Å². The summed E-state index contributed by atoms with van der Waals surface area (Å²) in [5.41, 5.74) is 1.08. The smallest absolute Gasteiger partial charge is 0.320 e. The minimum Gasteiger partial charge on any atom is -0.480 e. The van der Waals surface area contributed by atoms with E-state index < -0.39 is 12.0 Å². The van der Waals surface area contributed by atoms with E-state index in [0.717, 1.165) is 12.1 Å². The number of nitrogens with one attached hydrogen (secondary N) is 1. The van der Waals surface area contributed by atoms with Gasteiger partial charge in [-0.05, 0) is 18.1 Å². The Balaban J connectivity index is 2.03. The molecule has 0 aliphatic carbocycles. The molecule has 0 amide bonds. The first kappa shape index (κ1) is 8.31. The Bertz CT molecular complexity index is 294. The normalized spacial score (nSPS) is 27.7. The molecule has 1 saturated heterocycles. The second-order valence-electron chi connectivity index (χ2n) is 3.29. The number of carboxylic acids is 1. The van der Waals surface area contributed by atoms with Gasteiger partial charge >= 0.3 is 5.97 Å². The molecule has 4 nitrogen and oxygen atoms in total. The Labute approximate surface area is 75.6 Å². The molecular weight excluding hydrogens is 170 g/mol. The fraction of sp³-hybridized carbons (Fsp3) is 0.444. The average molecular weight is 181 g/mol. The van der Waals surface area contributed by atoms with Crippen molar-refractivity contribution in [2.45, 2.75) is 18.4 Å². The Morgan fingerprint density at radius 3 is 3.08 bits per heavy atom. The summed E-state index contributed by atoms with van der Waals surface area (Å²) in [5, 5.41) is 11.7. The van der Waals surface area contributed by atoms with Gasteiger partial charge in [0.25, 0.3) is 0 Å². The fourth-order valence-corrected chi connectivity index (χ4v) is 1.69. The van der Waals surface area contributed by atoms with Gasteiger partial charge in [0.1, 0.15) is 6.04 Å². The molecule has 0 radical (unpaired) electrons. The summed E-state index contributed by atoms with van der Waals surface area (Å²) in [4.78, 5) is 10.6. The van der Waals surface area contributed by atoms with Gasteiger partial charge in [-0.2, -0.15) is 0 Å². The molecule has 1 fully saturated rings. The predicted octanol–water partition coefficient (Wildman–Crippen LogP) is 0.810. The summed E-state index contributed by atoms with van der Waals surface area (Å²) in [7, 11) is 0. The van der Waals surface area contributed by atoms with E-state index in [2.05, 4.69) is 5.32 Å². The summed E-state index contributed by atoms with van der Waals surface area (Å²) < 4.78 is 4.95. The van der Waals surface area contributed by atoms with Crippen LogP contribution in [0.3, 0.4) is 0 Å². The van der Waals surface area contributed by atoms with Gasteiger partial charge in [-0.1, -0.05) is 0 Å². The highest BCUT2D eigenvalue weighted by Gasteiger charge is 2.30. The van der Waals surface area contributed by atoms with Crippen LogP contribution in [0.2, 0.25) is 0 Å². The second kappa shape index (κ2) is 3.22. The second-order valence-corrected chi connectivity index (χ2v) is 3.29. The van der Waals surface area contributed by atoms with Gasteiger partial charge in [0.15, 0.2) is 0 Å². The molecule has 1 aromatic rings. The van der Waals surface area contributed by atoms with Crippen LogP contribution in [-0.2, 0) is 4.79 Å². The van der Waals surface area contributed by atoms with Crippen LogP contribution in [0, 0.1) is 0 Å². The zero-order valence-electron chi connectivity index (χ0n) is 7.06. The maximum atomic E-state index is 10.6. The number of carbonyl (C=O) groups is 1. The third-order valence-corrected chi connectivity index (χ3v) is 2.44. The molecule has 1 aliphatic heterocycles. The van der Waals surface area contributed by atoms with E-state index in [0.29, 0.717) is 6.42 Å². The molecule has 2 heterocycles. The van der Waals surface area contributed by atoms with Crippen molar-refractivity contribution < 1.29 is 14.3 Å². The number of hydrogen-bond acceptors (Lipinski definition) is 3. The monoisotopic (exact) mass is 181 g/mol. The molecule has 2 rings (SSSR count). The van der Waals surface area contributed by atoms with E-state index in [1.807, 2.05) is 6.07 Å². The number of furan rings is 1. The molecule has 2 N–H and O–H groups in total. The topological polar surface area (TPSA) is 62.5 Å². The molecule has 1 aromatic heterocycles. The third-order valence-electron chi connectivity index (χ3n) is 2.44. The first-order valence-electron chi connectivity index (χ1n) is 4.25. The highest BCUT2D eigenvalue weighted by molar-refractivity contribution is 5.74. The van der Waals surface area contributed by atoms with Crippen LogP contribution < -0.4 is 5.32 Å². The van der Waals surface area contributed by atoms with Crippen molar-refractivity contribution in [2.24, 2.45) is 0 Å². The summed E-state index contributed by atoms with van der Waals surface area (Å²) in [5.74, 6) is -0.495. The van der Waals surface area contributed by atoms with E-state index in [9.17, 15) is 4.79 Å². The van der Waals surface area contributed by atoms with Crippen molar-refractivity contribution in [3.63, 3.8) is 0 Å². The van der Waals surface area contributed by atoms with Crippen molar-refractivity contribution in [1.29, 1.82) is 0 Å². The van der Waals surface area contributed by atoms with Crippen LogP contribution in [0.25, 0.3) is 0 Å². The summed E-state index contributed by atoms with van der Waals surface area (Å²) in [6.45, 7) is 0.719. The standard InChI is InChI=1S/C9H11NO3/c11-9(12)8-3-7(4-10-8)6-1-2-13-5-6/h1-2,5,7-8,10H,3-4H2,(H,11,12)/t7-,8-/m0/s1. The maximum Gasteiger partial charge on any atom is 0.320 e. The van der Waals surface area contributed by atoms with Gasteiger partial charge in [-0.3, -0.25) is 4.79 Å². The lowest BCUT2D eigenvalue weighted by Crippen LogP contribution is -2.29. The van der Waals surface area contributed by atoms with Gasteiger partial charge in [-0.15, -0.1) is 0 Å². The van der Waals surface area contributed by atoms with Crippen LogP contribution >= 0.6 is 0 Å². The highest BCUT2D eigenvalue weighted by atomic mass is 16.4. The molecule has 70 valence electrons. The van der Waals surface area contributed by atoms with E-state index >= 15 is 0 Å². The van der Waals surface area contributed by atoms with Crippen molar-refractivity contribution >= 4 is 5.97 Å². The maximum absolute atomic E-state index is 10.6. The van der Waals surface area contributed by atoms with Crippen LogP contribution in [-0.4, -0.2) is 23.7 Å². The van der Waals surface area contributed by atoms with E-state index in [1.165, 1.54) is 0 Å². The largest absolute Gasteiger partial charge is 0.480 e. The Hall–Kier alpha value is -1.29. The molecule has 2 atom stereocenters. The summed E-state index contributed by atoms with van der Waals surface area (Å²) in [6.07, 6.45) is 3.94. The highest BCUT2D eigenvalue weighted by Crippen LogP contribution is 2.25. The van der Waals surface area contributed by atoms with Crippen molar-refractivity contribution in [2.75, 3.05) is 6.54 Å². The molecule has 1 aliphatic rings. The number of aliphatic carboxylic acids is 1. The molecule has 0 bridgehead atoms. The van der Waals surface area contributed by atoms with Crippen molar-refractivity contribution in [3.8, 4) is 0 Å².